The zero-order valence-electron chi connectivity index (χ0n) is 10.7. The first kappa shape index (κ1) is 13.5. The van der Waals surface area contributed by atoms with E-state index in [1.165, 1.54) is 19.2 Å². The maximum Gasteiger partial charge on any atom is 0.299 e. The van der Waals surface area contributed by atoms with E-state index in [0.717, 1.165) is 4.90 Å². The van der Waals surface area contributed by atoms with Gasteiger partial charge < -0.3 is 10.1 Å². The molecule has 7 heteroatoms. The van der Waals surface area contributed by atoms with E-state index in [2.05, 4.69) is 5.32 Å². The molecule has 1 aromatic rings. The molecule has 1 heterocycles. The van der Waals surface area contributed by atoms with E-state index in [4.69, 9.17) is 10.00 Å². The van der Waals surface area contributed by atoms with Gasteiger partial charge in [0.2, 0.25) is 5.91 Å². The van der Waals surface area contributed by atoms with Gasteiger partial charge in [-0.25, -0.2) is 0 Å². The topological polar surface area (TPSA) is 99.5 Å². The highest BCUT2D eigenvalue weighted by Crippen LogP contribution is 2.32. The number of hydrogen-bond acceptors (Lipinski definition) is 5. The van der Waals surface area contributed by atoms with Crippen molar-refractivity contribution in [3.8, 4) is 11.8 Å². The molecule has 0 fully saturated rings. The molecule has 102 valence electrons. The summed E-state index contributed by atoms with van der Waals surface area (Å²) < 4.78 is 5.04. The van der Waals surface area contributed by atoms with Crippen molar-refractivity contribution in [2.24, 2.45) is 0 Å². The van der Waals surface area contributed by atoms with E-state index in [9.17, 15) is 14.4 Å². The van der Waals surface area contributed by atoms with Crippen LogP contribution in [0.2, 0.25) is 0 Å². The summed E-state index contributed by atoms with van der Waals surface area (Å²) in [6.07, 6.45) is 0. The van der Waals surface area contributed by atoms with Crippen LogP contribution in [0, 0.1) is 11.3 Å². The van der Waals surface area contributed by atoms with Crippen molar-refractivity contribution in [3.63, 3.8) is 0 Å². The summed E-state index contributed by atoms with van der Waals surface area (Å²) in [4.78, 5) is 36.3. The number of Topliss-reactive ketones (excluding diaryl/α,β-unsaturated/α-hetero) is 1. The molecule has 1 aromatic carbocycles. The van der Waals surface area contributed by atoms with Crippen LogP contribution in [0.25, 0.3) is 0 Å². The van der Waals surface area contributed by atoms with Gasteiger partial charge >= 0.3 is 0 Å². The summed E-state index contributed by atoms with van der Waals surface area (Å²) in [5, 5.41) is 10.7. The Morgan fingerprint density at radius 3 is 2.85 bits per heavy atom. The average molecular weight is 273 g/mol. The first-order valence-corrected chi connectivity index (χ1v) is 5.76. The molecular weight excluding hydrogens is 262 g/mol. The molecule has 0 aliphatic carbocycles. The molecule has 0 saturated carbocycles. The molecule has 1 aliphatic heterocycles. The van der Waals surface area contributed by atoms with Crippen molar-refractivity contribution >= 4 is 23.3 Å². The zero-order valence-corrected chi connectivity index (χ0v) is 10.7. The number of rotatable bonds is 4. The van der Waals surface area contributed by atoms with Gasteiger partial charge in [0.05, 0.1) is 24.4 Å². The van der Waals surface area contributed by atoms with E-state index < -0.39 is 17.6 Å². The monoisotopic (exact) mass is 273 g/mol. The van der Waals surface area contributed by atoms with Crippen molar-refractivity contribution in [1.82, 2.24) is 5.32 Å². The summed E-state index contributed by atoms with van der Waals surface area (Å²) >= 11 is 0. The van der Waals surface area contributed by atoms with Gasteiger partial charge in [0.1, 0.15) is 18.8 Å². The standard InChI is InChI=1S/C13H11N3O4/c1-20-8-2-3-9-10(6-8)16(13(19)12(9)18)7-11(17)15-5-4-14/h2-3,6H,5,7H2,1H3,(H,15,17). The number of ketones is 1. The van der Waals surface area contributed by atoms with Crippen LogP contribution in [0.1, 0.15) is 10.4 Å². The zero-order chi connectivity index (χ0) is 14.7. The minimum atomic E-state index is -0.764. The molecule has 2 rings (SSSR count). The summed E-state index contributed by atoms with van der Waals surface area (Å²) in [5.74, 6) is -1.45. The third kappa shape index (κ3) is 2.31. The van der Waals surface area contributed by atoms with Crippen molar-refractivity contribution in [2.75, 3.05) is 25.1 Å². The Morgan fingerprint density at radius 1 is 1.45 bits per heavy atom. The van der Waals surface area contributed by atoms with Crippen LogP contribution in [0.15, 0.2) is 18.2 Å². The Bertz CT molecular complexity index is 633. The Kier molecular flexibility index (Phi) is 3.66. The second-order valence-electron chi connectivity index (χ2n) is 4.04. The second kappa shape index (κ2) is 5.40. The summed E-state index contributed by atoms with van der Waals surface area (Å²) in [6, 6.07) is 6.34. The Morgan fingerprint density at radius 2 is 2.20 bits per heavy atom. The number of fused-ring (bicyclic) bond motifs is 1. The molecule has 7 nitrogen and oxygen atoms in total. The number of hydrogen-bond donors (Lipinski definition) is 1. The van der Waals surface area contributed by atoms with Gasteiger partial charge in [0.25, 0.3) is 11.7 Å². The van der Waals surface area contributed by atoms with Gasteiger partial charge in [-0.3, -0.25) is 19.3 Å². The van der Waals surface area contributed by atoms with Gasteiger partial charge in [-0.15, -0.1) is 0 Å². The molecule has 0 aromatic heterocycles. The third-order valence-electron chi connectivity index (χ3n) is 2.85. The smallest absolute Gasteiger partial charge is 0.299 e. The highest BCUT2D eigenvalue weighted by Gasteiger charge is 2.36. The first-order valence-electron chi connectivity index (χ1n) is 5.76. The lowest BCUT2D eigenvalue weighted by molar-refractivity contribution is -0.121. The first-order chi connectivity index (χ1) is 9.58. The van der Waals surface area contributed by atoms with Crippen LogP contribution >= 0.6 is 0 Å². The predicted octanol–water partition coefficient (Wildman–Crippen LogP) is -0.136. The van der Waals surface area contributed by atoms with E-state index >= 15 is 0 Å². The van der Waals surface area contributed by atoms with E-state index in [0.29, 0.717) is 11.4 Å². The molecular formula is C13H11N3O4. The molecule has 0 unspecified atom stereocenters. The van der Waals surface area contributed by atoms with E-state index in [-0.39, 0.29) is 18.7 Å². The maximum absolute atomic E-state index is 11.9. The lowest BCUT2D eigenvalue weighted by atomic mass is 10.1. The number of amides is 2. The highest BCUT2D eigenvalue weighted by molar-refractivity contribution is 6.52. The van der Waals surface area contributed by atoms with Crippen molar-refractivity contribution in [1.29, 1.82) is 5.26 Å². The van der Waals surface area contributed by atoms with Crippen LogP contribution < -0.4 is 15.0 Å². The molecule has 1 N–H and O–H groups in total. The van der Waals surface area contributed by atoms with Gasteiger partial charge in [-0.1, -0.05) is 0 Å². The number of carbonyl (C=O) groups is 3. The number of nitrogens with one attached hydrogen (secondary N) is 1. The molecule has 0 saturated heterocycles. The van der Waals surface area contributed by atoms with Crippen LogP contribution in [-0.2, 0) is 9.59 Å². The number of nitriles is 1. The molecule has 2 amide bonds. The predicted molar refractivity (Wildman–Crippen MR) is 68.3 cm³/mol. The fourth-order valence-corrected chi connectivity index (χ4v) is 1.90. The molecule has 0 atom stereocenters. The highest BCUT2D eigenvalue weighted by atomic mass is 16.5. The summed E-state index contributed by atoms with van der Waals surface area (Å²) in [6.45, 7) is -0.466. The van der Waals surface area contributed by atoms with E-state index in [1.807, 2.05) is 0 Å². The Hall–Kier alpha value is -2.88. The Labute approximate surface area is 114 Å². The fraction of sp³-hybridized carbons (Fsp3) is 0.231. The minimum absolute atomic E-state index is 0.153. The Balaban J connectivity index is 2.27. The van der Waals surface area contributed by atoms with Crippen LogP contribution in [0.4, 0.5) is 5.69 Å². The van der Waals surface area contributed by atoms with Crippen molar-refractivity contribution < 1.29 is 19.1 Å². The van der Waals surface area contributed by atoms with Crippen LogP contribution in [0.5, 0.6) is 5.75 Å². The molecule has 20 heavy (non-hydrogen) atoms. The summed E-state index contributed by atoms with van der Waals surface area (Å²) in [5.41, 5.74) is 0.579. The van der Waals surface area contributed by atoms with Crippen molar-refractivity contribution in [3.05, 3.63) is 23.8 Å². The fourth-order valence-electron chi connectivity index (χ4n) is 1.90. The van der Waals surface area contributed by atoms with Gasteiger partial charge in [-0.05, 0) is 12.1 Å². The summed E-state index contributed by atoms with van der Waals surface area (Å²) in [7, 11) is 1.46. The third-order valence-corrected chi connectivity index (χ3v) is 2.85. The minimum Gasteiger partial charge on any atom is -0.497 e. The molecule has 0 radical (unpaired) electrons. The number of benzene rings is 1. The normalized spacial score (nSPS) is 12.9. The van der Waals surface area contributed by atoms with Gasteiger partial charge in [0.15, 0.2) is 0 Å². The molecule has 0 spiro atoms. The SMILES string of the molecule is COc1ccc2c(c1)N(CC(=O)NCC#N)C(=O)C2=O. The van der Waals surface area contributed by atoms with Gasteiger partial charge in [0, 0.05) is 6.07 Å². The number of methoxy groups -OCH3 is 1. The number of nitrogens with zero attached hydrogens (tertiary/aromatic N) is 2. The number of anilines is 1. The molecule has 1 aliphatic rings. The lowest BCUT2D eigenvalue weighted by Crippen LogP contribution is -2.40. The van der Waals surface area contributed by atoms with Gasteiger partial charge in [-0.2, -0.15) is 5.26 Å². The maximum atomic E-state index is 11.9. The van der Waals surface area contributed by atoms with Crippen LogP contribution in [0.3, 0.4) is 0 Å². The quantitative estimate of drug-likeness (QED) is 0.608. The van der Waals surface area contributed by atoms with Crippen LogP contribution in [-0.4, -0.2) is 37.8 Å². The molecule has 0 bridgehead atoms. The number of carbonyl (C=O) groups excluding carboxylic acids is 3. The van der Waals surface area contributed by atoms with E-state index in [1.54, 1.807) is 12.1 Å². The lowest BCUT2D eigenvalue weighted by Gasteiger charge is -2.16. The van der Waals surface area contributed by atoms with Crippen molar-refractivity contribution in [2.45, 2.75) is 0 Å². The second-order valence-corrected chi connectivity index (χ2v) is 4.04. The average Bonchev–Trinajstić information content (AvgIpc) is 2.69. The largest absolute Gasteiger partial charge is 0.497 e. The number of ether oxygens (including phenoxy) is 1.